The first-order valence-electron chi connectivity index (χ1n) is 10.2. The van der Waals surface area contributed by atoms with Crippen LogP contribution in [-0.4, -0.2) is 50.1 Å². The zero-order valence-electron chi connectivity index (χ0n) is 18.4. The molecule has 0 radical (unpaired) electrons. The monoisotopic (exact) mass is 451 g/mol. The van der Waals surface area contributed by atoms with Crippen LogP contribution in [0, 0.1) is 11.3 Å². The van der Waals surface area contributed by atoms with Crippen LogP contribution in [0.2, 0.25) is 5.02 Å². The maximum Gasteiger partial charge on any atom is 0.254 e. The first-order valence-corrected chi connectivity index (χ1v) is 10.6. The van der Waals surface area contributed by atoms with Gasteiger partial charge >= 0.3 is 0 Å². The van der Waals surface area contributed by atoms with Gasteiger partial charge in [-0.3, -0.25) is 9.78 Å². The summed E-state index contributed by atoms with van der Waals surface area (Å²) in [6.07, 6.45) is 2.41. The Bertz CT molecular complexity index is 1160. The summed E-state index contributed by atoms with van der Waals surface area (Å²) in [5.74, 6) is 0.386. The van der Waals surface area contributed by atoms with Crippen molar-refractivity contribution in [3.05, 3.63) is 64.3 Å². The molecule has 7 nitrogen and oxygen atoms in total. The molecule has 0 fully saturated rings. The normalized spacial score (nSPS) is 10.8. The number of carbonyl (C=O) groups excluding carboxylic acids is 1. The van der Waals surface area contributed by atoms with Crippen molar-refractivity contribution in [3.8, 4) is 11.8 Å². The summed E-state index contributed by atoms with van der Waals surface area (Å²) in [4.78, 5) is 19.4. The molecule has 0 saturated carbocycles. The van der Waals surface area contributed by atoms with E-state index in [1.165, 1.54) is 0 Å². The highest BCUT2D eigenvalue weighted by Gasteiger charge is 2.16. The Balaban J connectivity index is 1.91. The largest absolute Gasteiger partial charge is 0.495 e. The Kier molecular flexibility index (Phi) is 7.87. The van der Waals surface area contributed by atoms with Crippen LogP contribution in [0.1, 0.15) is 27.9 Å². The van der Waals surface area contributed by atoms with Crippen LogP contribution >= 0.6 is 11.6 Å². The molecule has 32 heavy (non-hydrogen) atoms. The fraction of sp³-hybridized carbons (Fsp3) is 0.292. The third kappa shape index (κ3) is 5.67. The van der Waals surface area contributed by atoms with E-state index in [1.54, 1.807) is 37.6 Å². The Hall–Kier alpha value is -3.34. The van der Waals surface area contributed by atoms with E-state index < -0.39 is 0 Å². The van der Waals surface area contributed by atoms with Crippen molar-refractivity contribution in [1.82, 2.24) is 15.2 Å². The van der Waals surface area contributed by atoms with Gasteiger partial charge in [-0.15, -0.1) is 0 Å². The molecular formula is C24H26ClN5O2. The van der Waals surface area contributed by atoms with Gasteiger partial charge in [-0.05, 0) is 63.0 Å². The van der Waals surface area contributed by atoms with E-state index in [0.29, 0.717) is 51.6 Å². The lowest BCUT2D eigenvalue weighted by molar-refractivity contribution is 0.0953. The molecule has 0 saturated heterocycles. The minimum atomic E-state index is -0.212. The Morgan fingerprint density at radius 3 is 2.75 bits per heavy atom. The summed E-state index contributed by atoms with van der Waals surface area (Å²) >= 11 is 6.25. The first kappa shape index (κ1) is 23.3. The number of fused-ring (bicyclic) bond motifs is 1. The molecule has 0 spiro atoms. The van der Waals surface area contributed by atoms with Gasteiger partial charge in [-0.25, -0.2) is 0 Å². The summed E-state index contributed by atoms with van der Waals surface area (Å²) in [5.41, 5.74) is 3.18. The third-order valence-electron chi connectivity index (χ3n) is 4.99. The fourth-order valence-electron chi connectivity index (χ4n) is 3.33. The average Bonchev–Trinajstić information content (AvgIpc) is 2.79. The second-order valence-electron chi connectivity index (χ2n) is 7.63. The Labute approximate surface area is 193 Å². The standard InChI is InChI=1S/C24H26ClN5O2/c1-30(2)10-4-9-27-24(31)19-15-28-21-7-5-16(13-26)11-18(21)23(19)29-14-17-6-8-22(32-3)20(25)12-17/h5-8,11-12,15H,4,9-10,14H2,1-3H3,(H,27,31)(H,28,29). The quantitative estimate of drug-likeness (QED) is 0.477. The molecule has 1 aromatic heterocycles. The van der Waals surface area contributed by atoms with Gasteiger partial charge in [0.25, 0.3) is 5.91 Å². The van der Waals surface area contributed by atoms with Gasteiger partial charge in [0, 0.05) is 24.7 Å². The lowest BCUT2D eigenvalue weighted by Crippen LogP contribution is -2.28. The lowest BCUT2D eigenvalue weighted by atomic mass is 10.1. The minimum Gasteiger partial charge on any atom is -0.495 e. The zero-order chi connectivity index (χ0) is 23.1. The second-order valence-corrected chi connectivity index (χ2v) is 8.03. The zero-order valence-corrected chi connectivity index (χ0v) is 19.2. The summed E-state index contributed by atoms with van der Waals surface area (Å²) in [6.45, 7) is 1.87. The molecule has 0 aliphatic carbocycles. The van der Waals surface area contributed by atoms with Crippen LogP contribution in [-0.2, 0) is 6.54 Å². The van der Waals surface area contributed by atoms with Crippen molar-refractivity contribution in [2.24, 2.45) is 0 Å². The van der Waals surface area contributed by atoms with E-state index in [-0.39, 0.29) is 5.91 Å². The predicted molar refractivity (Wildman–Crippen MR) is 127 cm³/mol. The molecule has 3 aromatic rings. The number of nitriles is 1. The number of nitrogens with one attached hydrogen (secondary N) is 2. The number of amides is 1. The van der Waals surface area contributed by atoms with Gasteiger partial charge in [0.05, 0.1) is 40.5 Å². The van der Waals surface area contributed by atoms with Crippen molar-refractivity contribution >= 4 is 34.1 Å². The van der Waals surface area contributed by atoms with Crippen molar-refractivity contribution < 1.29 is 9.53 Å². The highest BCUT2D eigenvalue weighted by atomic mass is 35.5. The SMILES string of the molecule is COc1ccc(CNc2c(C(=O)NCCCN(C)C)cnc3ccc(C#N)cc23)cc1Cl. The van der Waals surface area contributed by atoms with Crippen molar-refractivity contribution in [1.29, 1.82) is 5.26 Å². The summed E-state index contributed by atoms with van der Waals surface area (Å²) in [6, 6.07) is 12.9. The number of aromatic nitrogens is 1. The Morgan fingerprint density at radius 2 is 2.06 bits per heavy atom. The van der Waals surface area contributed by atoms with Crippen molar-refractivity contribution in [2.75, 3.05) is 39.6 Å². The number of ether oxygens (including phenoxy) is 1. The number of benzene rings is 2. The predicted octanol–water partition coefficient (Wildman–Crippen LogP) is 4.06. The molecule has 3 rings (SSSR count). The molecule has 0 aliphatic heterocycles. The molecule has 0 unspecified atom stereocenters. The maximum atomic E-state index is 12.9. The maximum absolute atomic E-state index is 12.9. The number of hydrogen-bond acceptors (Lipinski definition) is 6. The summed E-state index contributed by atoms with van der Waals surface area (Å²) in [5, 5.41) is 16.9. The van der Waals surface area contributed by atoms with E-state index >= 15 is 0 Å². The lowest BCUT2D eigenvalue weighted by Gasteiger charge is -2.16. The van der Waals surface area contributed by atoms with Crippen LogP contribution in [0.15, 0.2) is 42.6 Å². The van der Waals surface area contributed by atoms with E-state index in [0.717, 1.165) is 18.5 Å². The van der Waals surface area contributed by atoms with Gasteiger partial charge in [0.2, 0.25) is 0 Å². The van der Waals surface area contributed by atoms with Crippen LogP contribution in [0.25, 0.3) is 10.9 Å². The first-order chi connectivity index (χ1) is 15.4. The highest BCUT2D eigenvalue weighted by molar-refractivity contribution is 6.32. The van der Waals surface area contributed by atoms with Crippen LogP contribution in [0.5, 0.6) is 5.75 Å². The molecule has 1 amide bonds. The molecular weight excluding hydrogens is 426 g/mol. The van der Waals surface area contributed by atoms with Gasteiger partial charge in [-0.1, -0.05) is 17.7 Å². The average molecular weight is 452 g/mol. The molecule has 2 N–H and O–H groups in total. The number of pyridine rings is 1. The minimum absolute atomic E-state index is 0.212. The highest BCUT2D eigenvalue weighted by Crippen LogP contribution is 2.29. The van der Waals surface area contributed by atoms with E-state index in [1.807, 2.05) is 26.2 Å². The fourth-order valence-corrected chi connectivity index (χ4v) is 3.61. The van der Waals surface area contributed by atoms with Crippen LogP contribution < -0.4 is 15.4 Å². The topological polar surface area (TPSA) is 90.3 Å². The van der Waals surface area contributed by atoms with E-state index in [9.17, 15) is 10.1 Å². The van der Waals surface area contributed by atoms with Gasteiger partial charge < -0.3 is 20.3 Å². The van der Waals surface area contributed by atoms with E-state index in [2.05, 4.69) is 26.6 Å². The molecule has 166 valence electrons. The summed E-state index contributed by atoms with van der Waals surface area (Å²) in [7, 11) is 5.56. The number of anilines is 1. The number of hydrogen-bond donors (Lipinski definition) is 2. The van der Waals surface area contributed by atoms with Crippen LogP contribution in [0.4, 0.5) is 5.69 Å². The van der Waals surface area contributed by atoms with E-state index in [4.69, 9.17) is 16.3 Å². The molecule has 0 aliphatic rings. The van der Waals surface area contributed by atoms with Crippen molar-refractivity contribution in [3.63, 3.8) is 0 Å². The third-order valence-corrected chi connectivity index (χ3v) is 5.29. The van der Waals surface area contributed by atoms with Gasteiger partial charge in [0.1, 0.15) is 5.75 Å². The summed E-state index contributed by atoms with van der Waals surface area (Å²) < 4.78 is 5.21. The number of rotatable bonds is 9. The molecule has 2 aromatic carbocycles. The number of carbonyl (C=O) groups is 1. The number of halogens is 1. The Morgan fingerprint density at radius 1 is 1.25 bits per heavy atom. The van der Waals surface area contributed by atoms with Crippen LogP contribution in [0.3, 0.4) is 0 Å². The molecule has 1 heterocycles. The second kappa shape index (κ2) is 10.8. The molecule has 0 atom stereocenters. The smallest absolute Gasteiger partial charge is 0.254 e. The van der Waals surface area contributed by atoms with Crippen molar-refractivity contribution in [2.45, 2.75) is 13.0 Å². The molecule has 8 heteroatoms. The number of methoxy groups -OCH3 is 1. The molecule has 0 bridgehead atoms. The van der Waals surface area contributed by atoms with Gasteiger partial charge in [0.15, 0.2) is 0 Å². The number of nitrogens with zero attached hydrogens (tertiary/aromatic N) is 3. The van der Waals surface area contributed by atoms with Gasteiger partial charge in [-0.2, -0.15) is 5.26 Å².